The third-order valence-corrected chi connectivity index (χ3v) is 4.45. The largest absolute Gasteiger partial charge is 0.451 e. The van der Waals surface area contributed by atoms with Crippen molar-refractivity contribution in [1.82, 2.24) is 0 Å². The molecule has 1 N–H and O–H groups in total. The number of esters is 1. The minimum atomic E-state index is -3.44. The van der Waals surface area contributed by atoms with E-state index in [2.05, 4.69) is 4.72 Å². The lowest BCUT2D eigenvalue weighted by Gasteiger charge is -2.14. The summed E-state index contributed by atoms with van der Waals surface area (Å²) < 4.78 is 29.8. The number of carbonyl (C=O) groups is 2. The van der Waals surface area contributed by atoms with Crippen LogP contribution < -0.4 is 4.72 Å². The van der Waals surface area contributed by atoms with Crippen molar-refractivity contribution in [3.63, 3.8) is 0 Å². The van der Waals surface area contributed by atoms with E-state index in [1.165, 1.54) is 56.3 Å². The van der Waals surface area contributed by atoms with Crippen molar-refractivity contribution in [2.24, 2.45) is 0 Å². The maximum absolute atomic E-state index is 12.4. The van der Waals surface area contributed by atoms with Crippen LogP contribution in [-0.2, 0) is 14.8 Å². The molecule has 1 atom stereocenters. The molecule has 0 aliphatic heterocycles. The van der Waals surface area contributed by atoms with Crippen LogP contribution in [0.2, 0.25) is 0 Å². The maximum Gasteiger partial charge on any atom is 0.339 e. The third kappa shape index (κ3) is 5.13. The molecule has 28 heavy (non-hydrogen) atoms. The molecule has 2 aromatic rings. The second kappa shape index (κ2) is 8.17. The molecule has 148 valence electrons. The molecule has 2 rings (SSSR count). The number of nitro groups is 1. The van der Waals surface area contributed by atoms with Crippen LogP contribution >= 0.6 is 0 Å². The summed E-state index contributed by atoms with van der Waals surface area (Å²) in [5.41, 5.74) is 0.434. The molecule has 10 heteroatoms. The van der Waals surface area contributed by atoms with Crippen molar-refractivity contribution in [2.75, 3.05) is 11.0 Å². The molecule has 0 aliphatic carbocycles. The van der Waals surface area contributed by atoms with Crippen LogP contribution in [0.15, 0.2) is 42.5 Å². The number of hydrogen-bond donors (Lipinski definition) is 1. The van der Waals surface area contributed by atoms with E-state index in [0.29, 0.717) is 0 Å². The summed E-state index contributed by atoms with van der Waals surface area (Å²) in [5, 5.41) is 11.0. The van der Waals surface area contributed by atoms with Crippen LogP contribution in [0.4, 0.5) is 11.4 Å². The van der Waals surface area contributed by atoms with Crippen LogP contribution in [-0.4, -0.2) is 37.5 Å². The summed E-state index contributed by atoms with van der Waals surface area (Å²) in [6, 6.07) is 9.64. The van der Waals surface area contributed by atoms with Crippen LogP contribution in [0.3, 0.4) is 0 Å². The summed E-state index contributed by atoms with van der Waals surface area (Å²) in [6.07, 6.45) is -0.136. The first-order valence-corrected chi connectivity index (χ1v) is 9.96. The van der Waals surface area contributed by atoms with Crippen LogP contribution in [0.5, 0.6) is 0 Å². The summed E-state index contributed by atoms with van der Waals surface area (Å²) in [6.45, 7) is 2.81. The number of hydrogen-bond acceptors (Lipinski definition) is 7. The molecule has 0 saturated heterocycles. The van der Waals surface area contributed by atoms with E-state index < -0.39 is 32.8 Å². The summed E-state index contributed by atoms with van der Waals surface area (Å²) in [7, 11) is -3.44. The Morgan fingerprint density at radius 2 is 1.75 bits per heavy atom. The van der Waals surface area contributed by atoms with Gasteiger partial charge in [-0.15, -0.1) is 0 Å². The maximum atomic E-state index is 12.4. The monoisotopic (exact) mass is 406 g/mol. The number of ether oxygens (including phenoxy) is 1. The molecule has 9 nitrogen and oxygen atoms in total. The van der Waals surface area contributed by atoms with Crippen LogP contribution in [0.1, 0.15) is 33.2 Å². The predicted molar refractivity (Wildman–Crippen MR) is 102 cm³/mol. The van der Waals surface area contributed by atoms with Gasteiger partial charge in [-0.05, 0) is 44.2 Å². The molecule has 0 fully saturated rings. The molecular formula is C18H18N2O7S. The number of nitrogens with one attached hydrogen (secondary N) is 1. The Morgan fingerprint density at radius 3 is 2.29 bits per heavy atom. The van der Waals surface area contributed by atoms with Crippen LogP contribution in [0.25, 0.3) is 0 Å². The minimum Gasteiger partial charge on any atom is -0.451 e. The molecular weight excluding hydrogens is 388 g/mol. The molecule has 0 unspecified atom stereocenters. The second-order valence-electron chi connectivity index (χ2n) is 6.07. The number of rotatable bonds is 7. The fourth-order valence-electron chi connectivity index (χ4n) is 2.47. The van der Waals surface area contributed by atoms with Gasteiger partial charge in [-0.3, -0.25) is 19.6 Å². The third-order valence-electron chi connectivity index (χ3n) is 3.85. The number of nitro benzene ring substituents is 1. The predicted octanol–water partition coefficient (Wildman–Crippen LogP) is 2.70. The van der Waals surface area contributed by atoms with Crippen molar-refractivity contribution in [1.29, 1.82) is 0 Å². The Bertz CT molecular complexity index is 1030. The molecule has 0 aliphatic rings. The number of nitrogens with zero attached hydrogens (tertiary/aromatic N) is 1. The first-order valence-electron chi connectivity index (χ1n) is 8.06. The van der Waals surface area contributed by atoms with Gasteiger partial charge in [0.15, 0.2) is 6.10 Å². The van der Waals surface area contributed by atoms with Gasteiger partial charge in [0, 0.05) is 22.9 Å². The number of sulfonamides is 1. The van der Waals surface area contributed by atoms with Gasteiger partial charge in [0.1, 0.15) is 0 Å². The molecule has 0 aromatic heterocycles. The normalized spacial score (nSPS) is 12.1. The van der Waals surface area contributed by atoms with Crippen molar-refractivity contribution in [3.05, 3.63) is 69.3 Å². The molecule has 0 heterocycles. The number of ketones is 1. The smallest absolute Gasteiger partial charge is 0.339 e. The zero-order valence-electron chi connectivity index (χ0n) is 15.3. The molecule has 0 bridgehead atoms. The Balaban J connectivity index is 2.13. The van der Waals surface area contributed by atoms with E-state index in [4.69, 9.17) is 4.74 Å². The fourth-order valence-corrected chi connectivity index (χ4v) is 3.04. The zero-order valence-corrected chi connectivity index (χ0v) is 16.1. The lowest BCUT2D eigenvalue weighted by molar-refractivity contribution is -0.385. The van der Waals surface area contributed by atoms with Gasteiger partial charge in [-0.1, -0.05) is 6.07 Å². The van der Waals surface area contributed by atoms with Gasteiger partial charge in [0.2, 0.25) is 15.8 Å². The highest BCUT2D eigenvalue weighted by Gasteiger charge is 2.24. The summed E-state index contributed by atoms with van der Waals surface area (Å²) >= 11 is 0. The number of benzene rings is 2. The quantitative estimate of drug-likeness (QED) is 0.323. The summed E-state index contributed by atoms with van der Waals surface area (Å²) in [4.78, 5) is 35.1. The van der Waals surface area contributed by atoms with E-state index in [9.17, 15) is 28.1 Å². The lowest BCUT2D eigenvalue weighted by atomic mass is 10.1. The van der Waals surface area contributed by atoms with E-state index in [1.807, 2.05) is 0 Å². The number of Topliss-reactive ketones (excluding diaryl/α,β-unsaturated/α-hetero) is 1. The van der Waals surface area contributed by atoms with Gasteiger partial charge in [-0.2, -0.15) is 0 Å². The minimum absolute atomic E-state index is 0.00144. The highest BCUT2D eigenvalue weighted by molar-refractivity contribution is 7.92. The first kappa shape index (κ1) is 21.0. The first-order chi connectivity index (χ1) is 13.0. The van der Waals surface area contributed by atoms with Crippen molar-refractivity contribution in [2.45, 2.75) is 20.0 Å². The second-order valence-corrected chi connectivity index (χ2v) is 7.82. The molecule has 2 aromatic carbocycles. The Hall–Kier alpha value is -3.27. The van der Waals surface area contributed by atoms with Crippen molar-refractivity contribution in [3.8, 4) is 0 Å². The van der Waals surface area contributed by atoms with Gasteiger partial charge < -0.3 is 4.74 Å². The lowest BCUT2D eigenvalue weighted by Crippen LogP contribution is -2.25. The highest BCUT2D eigenvalue weighted by Crippen LogP contribution is 2.22. The average molecular weight is 406 g/mol. The van der Waals surface area contributed by atoms with E-state index >= 15 is 0 Å². The standard InChI is InChI=1S/C18H18N2O7S/c1-11-15(5-4-6-16(11)20(23)24)18(22)27-12(2)17(21)13-7-9-14(10-8-13)19-28(3,25)26/h4-10,12,19H,1-3H3/t12-/m1/s1. The Labute approximate surface area is 161 Å². The molecule has 0 amide bonds. The van der Waals surface area contributed by atoms with Gasteiger partial charge >= 0.3 is 5.97 Å². The SMILES string of the molecule is Cc1c(C(=O)O[C@H](C)C(=O)c2ccc(NS(C)(=O)=O)cc2)cccc1[N+](=O)[O-]. The van der Waals surface area contributed by atoms with Crippen LogP contribution in [0, 0.1) is 17.0 Å². The molecule has 0 spiro atoms. The van der Waals surface area contributed by atoms with E-state index in [1.54, 1.807) is 0 Å². The zero-order chi connectivity index (χ0) is 21.1. The van der Waals surface area contributed by atoms with E-state index in [0.717, 1.165) is 6.26 Å². The Morgan fingerprint density at radius 1 is 1.14 bits per heavy atom. The van der Waals surface area contributed by atoms with Crippen molar-refractivity contribution >= 4 is 33.2 Å². The molecule has 0 radical (unpaired) electrons. The highest BCUT2D eigenvalue weighted by atomic mass is 32.2. The fraction of sp³-hybridized carbons (Fsp3) is 0.222. The van der Waals surface area contributed by atoms with Gasteiger partial charge in [-0.25, -0.2) is 13.2 Å². The van der Waals surface area contributed by atoms with Crippen molar-refractivity contribution < 1.29 is 27.7 Å². The number of carbonyl (C=O) groups excluding carboxylic acids is 2. The number of anilines is 1. The van der Waals surface area contributed by atoms with Gasteiger partial charge in [0.25, 0.3) is 5.69 Å². The summed E-state index contributed by atoms with van der Waals surface area (Å²) in [5.74, 6) is -1.35. The topological polar surface area (TPSA) is 133 Å². The average Bonchev–Trinajstić information content (AvgIpc) is 2.60. The molecule has 0 saturated carbocycles. The van der Waals surface area contributed by atoms with Gasteiger partial charge in [0.05, 0.1) is 16.7 Å². The van der Waals surface area contributed by atoms with E-state index in [-0.39, 0.29) is 28.1 Å². The Kier molecular flexibility index (Phi) is 6.14.